The predicted molar refractivity (Wildman–Crippen MR) is 69.0 cm³/mol. The molecule has 19 heavy (non-hydrogen) atoms. The molecule has 0 unspecified atom stereocenters. The van der Waals surface area contributed by atoms with Gasteiger partial charge >= 0.3 is 0 Å². The van der Waals surface area contributed by atoms with Crippen LogP contribution in [0.15, 0.2) is 12.3 Å². The first-order chi connectivity index (χ1) is 9.00. The first kappa shape index (κ1) is 13.7. The first-order valence-corrected chi connectivity index (χ1v) is 6.13. The van der Waals surface area contributed by atoms with Crippen molar-refractivity contribution in [2.75, 3.05) is 25.1 Å². The van der Waals surface area contributed by atoms with Crippen molar-refractivity contribution in [2.45, 2.75) is 26.1 Å². The van der Waals surface area contributed by atoms with E-state index in [9.17, 15) is 10.1 Å². The zero-order valence-electron chi connectivity index (χ0n) is 11.0. The molecule has 104 valence electrons. The van der Waals surface area contributed by atoms with E-state index in [2.05, 4.69) is 10.3 Å². The molecular weight excluding hydrogens is 250 g/mol. The van der Waals surface area contributed by atoms with Crippen molar-refractivity contribution in [3.8, 4) is 0 Å². The second-order valence-electron chi connectivity index (χ2n) is 4.62. The van der Waals surface area contributed by atoms with Crippen molar-refractivity contribution >= 4 is 11.5 Å². The Morgan fingerprint density at radius 2 is 2.21 bits per heavy atom. The Balaban J connectivity index is 1.91. The van der Waals surface area contributed by atoms with Crippen LogP contribution in [-0.2, 0) is 9.47 Å². The number of anilines is 1. The van der Waals surface area contributed by atoms with Gasteiger partial charge in [-0.05, 0) is 19.4 Å². The molecule has 7 nitrogen and oxygen atoms in total. The third-order valence-corrected chi connectivity index (χ3v) is 3.04. The van der Waals surface area contributed by atoms with E-state index in [-0.39, 0.29) is 5.69 Å². The Morgan fingerprint density at radius 3 is 2.79 bits per heavy atom. The highest BCUT2D eigenvalue weighted by Crippen LogP contribution is 2.23. The summed E-state index contributed by atoms with van der Waals surface area (Å²) in [4.78, 5) is 14.2. The Labute approximate surface area is 111 Å². The molecule has 2 rings (SSSR count). The van der Waals surface area contributed by atoms with Crippen LogP contribution >= 0.6 is 0 Å². The summed E-state index contributed by atoms with van der Waals surface area (Å²) in [5, 5.41) is 13.7. The zero-order chi connectivity index (χ0) is 13.9. The summed E-state index contributed by atoms with van der Waals surface area (Å²) in [6.07, 6.45) is 1.94. The standard InChI is InChI=1S/C12H17N3O4/c1-9-7-10(15(16)17)8-14-11(9)13-4-3-12(2)18-5-6-19-12/h7-8H,3-6H2,1-2H3,(H,13,14). The number of aryl methyl sites for hydroxylation is 1. The van der Waals surface area contributed by atoms with E-state index in [0.29, 0.717) is 32.0 Å². The lowest BCUT2D eigenvalue weighted by Gasteiger charge is -2.22. The molecule has 0 radical (unpaired) electrons. The van der Waals surface area contributed by atoms with Crippen molar-refractivity contribution in [1.29, 1.82) is 0 Å². The molecule has 1 aromatic heterocycles. The molecule has 0 aromatic carbocycles. The molecule has 0 atom stereocenters. The van der Waals surface area contributed by atoms with Crippen molar-refractivity contribution < 1.29 is 14.4 Å². The number of nitrogens with one attached hydrogen (secondary N) is 1. The maximum absolute atomic E-state index is 10.6. The van der Waals surface area contributed by atoms with Crippen molar-refractivity contribution in [3.63, 3.8) is 0 Å². The van der Waals surface area contributed by atoms with Crippen LogP contribution in [0.25, 0.3) is 0 Å². The minimum absolute atomic E-state index is 0.00234. The fraction of sp³-hybridized carbons (Fsp3) is 0.583. The molecule has 0 aliphatic carbocycles. The minimum Gasteiger partial charge on any atom is -0.370 e. The smallest absolute Gasteiger partial charge is 0.287 e. The minimum atomic E-state index is -0.540. The lowest BCUT2D eigenvalue weighted by atomic mass is 10.2. The summed E-state index contributed by atoms with van der Waals surface area (Å²) in [5.74, 6) is 0.106. The lowest BCUT2D eigenvalue weighted by Crippen LogP contribution is -2.28. The van der Waals surface area contributed by atoms with Gasteiger partial charge in [-0.1, -0.05) is 0 Å². The molecule has 0 saturated carbocycles. The Bertz CT molecular complexity index is 472. The van der Waals surface area contributed by atoms with Crippen LogP contribution in [0, 0.1) is 17.0 Å². The number of nitrogens with zero attached hydrogens (tertiary/aromatic N) is 2. The summed E-state index contributed by atoms with van der Waals surface area (Å²) in [7, 11) is 0. The van der Waals surface area contributed by atoms with Crippen LogP contribution in [0.3, 0.4) is 0 Å². The molecule has 0 spiro atoms. The van der Waals surface area contributed by atoms with Crippen LogP contribution in [-0.4, -0.2) is 35.5 Å². The van der Waals surface area contributed by atoms with Gasteiger partial charge < -0.3 is 14.8 Å². The van der Waals surface area contributed by atoms with Crippen molar-refractivity contribution in [3.05, 3.63) is 27.9 Å². The first-order valence-electron chi connectivity index (χ1n) is 6.13. The average molecular weight is 267 g/mol. The number of hydrogen-bond donors (Lipinski definition) is 1. The van der Waals surface area contributed by atoms with E-state index in [1.807, 2.05) is 6.92 Å². The Kier molecular flexibility index (Phi) is 3.96. The third-order valence-electron chi connectivity index (χ3n) is 3.04. The average Bonchev–Trinajstić information content (AvgIpc) is 2.78. The molecule has 1 aliphatic heterocycles. The van der Waals surface area contributed by atoms with Gasteiger partial charge in [0.2, 0.25) is 0 Å². The van der Waals surface area contributed by atoms with Crippen LogP contribution in [0.2, 0.25) is 0 Å². The van der Waals surface area contributed by atoms with Gasteiger partial charge in [0, 0.05) is 19.0 Å². The van der Waals surface area contributed by atoms with Gasteiger partial charge in [0.05, 0.1) is 18.1 Å². The van der Waals surface area contributed by atoms with E-state index < -0.39 is 10.7 Å². The van der Waals surface area contributed by atoms with Gasteiger partial charge in [-0.3, -0.25) is 10.1 Å². The molecular formula is C12H17N3O4. The van der Waals surface area contributed by atoms with Gasteiger partial charge in [-0.25, -0.2) is 4.98 Å². The van der Waals surface area contributed by atoms with Crippen LogP contribution in [0.4, 0.5) is 11.5 Å². The van der Waals surface area contributed by atoms with Crippen molar-refractivity contribution in [1.82, 2.24) is 4.98 Å². The molecule has 1 aromatic rings. The molecule has 1 saturated heterocycles. The fourth-order valence-electron chi connectivity index (χ4n) is 1.95. The number of pyridine rings is 1. The molecule has 1 N–H and O–H groups in total. The maximum atomic E-state index is 10.6. The number of nitro groups is 1. The molecule has 7 heteroatoms. The van der Waals surface area contributed by atoms with Crippen LogP contribution in [0.1, 0.15) is 18.9 Å². The van der Waals surface area contributed by atoms with Gasteiger partial charge in [0.25, 0.3) is 5.69 Å². The van der Waals surface area contributed by atoms with Crippen molar-refractivity contribution in [2.24, 2.45) is 0 Å². The number of aromatic nitrogens is 1. The van der Waals surface area contributed by atoms with Gasteiger partial charge in [-0.15, -0.1) is 0 Å². The highest BCUT2D eigenvalue weighted by atomic mass is 16.7. The topological polar surface area (TPSA) is 86.5 Å². The SMILES string of the molecule is Cc1cc([N+](=O)[O-])cnc1NCCC1(C)OCCO1. The third kappa shape index (κ3) is 3.39. The summed E-state index contributed by atoms with van der Waals surface area (Å²) >= 11 is 0. The predicted octanol–water partition coefficient (Wildman–Crippen LogP) is 1.86. The van der Waals surface area contributed by atoms with Gasteiger partial charge in [0.1, 0.15) is 12.0 Å². The molecule has 2 heterocycles. The molecule has 0 bridgehead atoms. The quantitative estimate of drug-likeness (QED) is 0.647. The molecule has 0 amide bonds. The van der Waals surface area contributed by atoms with E-state index in [0.717, 1.165) is 5.56 Å². The van der Waals surface area contributed by atoms with E-state index in [1.165, 1.54) is 12.3 Å². The van der Waals surface area contributed by atoms with E-state index in [1.54, 1.807) is 6.92 Å². The number of ether oxygens (including phenoxy) is 2. The van der Waals surface area contributed by atoms with Gasteiger partial charge in [0.15, 0.2) is 5.79 Å². The summed E-state index contributed by atoms with van der Waals surface area (Å²) in [5.41, 5.74) is 0.741. The molecule has 1 fully saturated rings. The summed E-state index contributed by atoms with van der Waals surface area (Å²) in [6.45, 7) is 5.54. The van der Waals surface area contributed by atoms with E-state index >= 15 is 0 Å². The highest BCUT2D eigenvalue weighted by molar-refractivity contribution is 5.48. The second-order valence-corrected chi connectivity index (χ2v) is 4.62. The lowest BCUT2D eigenvalue weighted by molar-refractivity contribution is -0.385. The van der Waals surface area contributed by atoms with Crippen LogP contribution in [0.5, 0.6) is 0 Å². The monoisotopic (exact) mass is 267 g/mol. The summed E-state index contributed by atoms with van der Waals surface area (Å²) in [6, 6.07) is 1.50. The van der Waals surface area contributed by atoms with E-state index in [4.69, 9.17) is 9.47 Å². The van der Waals surface area contributed by atoms with Gasteiger partial charge in [-0.2, -0.15) is 0 Å². The number of rotatable bonds is 5. The highest BCUT2D eigenvalue weighted by Gasteiger charge is 2.30. The fourth-order valence-corrected chi connectivity index (χ4v) is 1.95. The second kappa shape index (κ2) is 5.50. The largest absolute Gasteiger partial charge is 0.370 e. The number of hydrogen-bond acceptors (Lipinski definition) is 6. The Hall–Kier alpha value is -1.73. The zero-order valence-corrected chi connectivity index (χ0v) is 11.0. The Morgan fingerprint density at radius 1 is 1.53 bits per heavy atom. The van der Waals surface area contributed by atoms with Crippen LogP contribution < -0.4 is 5.32 Å². The summed E-state index contributed by atoms with van der Waals surface area (Å²) < 4.78 is 11.0. The maximum Gasteiger partial charge on any atom is 0.287 e. The molecule has 1 aliphatic rings. The normalized spacial score (nSPS) is 17.4.